The summed E-state index contributed by atoms with van der Waals surface area (Å²) in [5.74, 6) is -0.120. The number of likely N-dealkylation sites (tertiary alicyclic amines) is 1. The lowest BCUT2D eigenvalue weighted by molar-refractivity contribution is -0.121. The van der Waals surface area contributed by atoms with Gasteiger partial charge in [-0.3, -0.25) is 9.69 Å². The Kier molecular flexibility index (Phi) is 5.68. The van der Waals surface area contributed by atoms with Crippen LogP contribution in [0.25, 0.3) is 0 Å². The third-order valence-electron chi connectivity index (χ3n) is 3.77. The van der Waals surface area contributed by atoms with Gasteiger partial charge in [0.25, 0.3) is 0 Å². The van der Waals surface area contributed by atoms with Gasteiger partial charge in [0.2, 0.25) is 5.91 Å². The maximum atomic E-state index is 12.2. The van der Waals surface area contributed by atoms with Crippen LogP contribution in [0.5, 0.6) is 5.75 Å². The van der Waals surface area contributed by atoms with Crippen LogP contribution in [0.1, 0.15) is 19.8 Å². The summed E-state index contributed by atoms with van der Waals surface area (Å²) in [4.78, 5) is 14.2. The van der Waals surface area contributed by atoms with Crippen molar-refractivity contribution >= 4 is 11.6 Å². The number of amides is 1. The Hall–Kier alpha value is -1.73. The molecule has 0 radical (unpaired) electrons. The molecule has 0 aromatic heterocycles. The van der Waals surface area contributed by atoms with E-state index in [4.69, 9.17) is 0 Å². The van der Waals surface area contributed by atoms with Gasteiger partial charge in [0.15, 0.2) is 0 Å². The Bertz CT molecular complexity index is 488. The fraction of sp³-hybridized carbons (Fsp3) is 0.533. The smallest absolute Gasteiger partial charge is 0.387 e. The number of rotatable bonds is 5. The van der Waals surface area contributed by atoms with Crippen molar-refractivity contribution in [3.8, 4) is 5.75 Å². The third kappa shape index (κ3) is 4.64. The molecule has 5 nitrogen and oxygen atoms in total. The molecule has 2 rings (SSSR count). The van der Waals surface area contributed by atoms with Crippen molar-refractivity contribution in [2.24, 2.45) is 0 Å². The van der Waals surface area contributed by atoms with Gasteiger partial charge in [0, 0.05) is 18.8 Å². The Labute approximate surface area is 127 Å². The number of carbonyl (C=O) groups is 1. The standard InChI is InChI=1S/C15H20F2N2O3/c1-10(19-8-6-12(20)7-9-19)14(21)18-11-2-4-13(5-3-11)22-15(16)17/h2-5,10,12,15,20H,6-9H2,1H3,(H,18,21). The van der Waals surface area contributed by atoms with Gasteiger partial charge >= 0.3 is 6.61 Å². The summed E-state index contributed by atoms with van der Waals surface area (Å²) in [6.45, 7) is 0.296. The molecule has 1 aliphatic heterocycles. The maximum absolute atomic E-state index is 12.2. The van der Waals surface area contributed by atoms with Crippen molar-refractivity contribution in [1.82, 2.24) is 4.90 Å². The van der Waals surface area contributed by atoms with Crippen LogP contribution in [0.4, 0.5) is 14.5 Å². The molecule has 1 unspecified atom stereocenters. The molecule has 122 valence electrons. The lowest BCUT2D eigenvalue weighted by Gasteiger charge is -2.33. The van der Waals surface area contributed by atoms with E-state index >= 15 is 0 Å². The second-order valence-electron chi connectivity index (χ2n) is 5.34. The summed E-state index contributed by atoms with van der Waals surface area (Å²) in [6.07, 6.45) is 1.04. The number of anilines is 1. The van der Waals surface area contributed by atoms with Crippen LogP contribution >= 0.6 is 0 Å². The van der Waals surface area contributed by atoms with Gasteiger partial charge in [-0.25, -0.2) is 0 Å². The highest BCUT2D eigenvalue weighted by Gasteiger charge is 2.25. The Morgan fingerprint density at radius 1 is 1.32 bits per heavy atom. The van der Waals surface area contributed by atoms with E-state index in [2.05, 4.69) is 10.1 Å². The topological polar surface area (TPSA) is 61.8 Å². The van der Waals surface area contributed by atoms with Crippen LogP contribution in [-0.4, -0.2) is 47.8 Å². The molecule has 0 bridgehead atoms. The molecule has 7 heteroatoms. The SMILES string of the molecule is CC(C(=O)Nc1ccc(OC(F)F)cc1)N1CCC(O)CC1. The average molecular weight is 314 g/mol. The quantitative estimate of drug-likeness (QED) is 0.873. The zero-order chi connectivity index (χ0) is 16.1. The first-order chi connectivity index (χ1) is 10.5. The molecule has 0 aliphatic carbocycles. The molecule has 0 spiro atoms. The minimum Gasteiger partial charge on any atom is -0.435 e. The highest BCUT2D eigenvalue weighted by atomic mass is 19.3. The lowest BCUT2D eigenvalue weighted by atomic mass is 10.1. The fourth-order valence-electron chi connectivity index (χ4n) is 2.41. The van der Waals surface area contributed by atoms with Crippen LogP contribution in [0.15, 0.2) is 24.3 Å². The first kappa shape index (κ1) is 16.6. The van der Waals surface area contributed by atoms with Crippen LogP contribution in [0.3, 0.4) is 0 Å². The Morgan fingerprint density at radius 2 is 1.91 bits per heavy atom. The largest absolute Gasteiger partial charge is 0.435 e. The molecule has 1 heterocycles. The van der Waals surface area contributed by atoms with Crippen molar-refractivity contribution in [3.05, 3.63) is 24.3 Å². The number of hydrogen-bond acceptors (Lipinski definition) is 4. The summed E-state index contributed by atoms with van der Waals surface area (Å²) in [6, 6.07) is 5.47. The maximum Gasteiger partial charge on any atom is 0.387 e. The average Bonchev–Trinajstić information content (AvgIpc) is 2.49. The number of aliphatic hydroxyl groups excluding tert-OH is 1. The molecule has 1 aromatic carbocycles. The Balaban J connectivity index is 1.88. The number of nitrogens with one attached hydrogen (secondary N) is 1. The van der Waals surface area contributed by atoms with Gasteiger partial charge in [-0.1, -0.05) is 0 Å². The second kappa shape index (κ2) is 7.51. The molecule has 1 fully saturated rings. The van der Waals surface area contributed by atoms with Gasteiger partial charge in [0.1, 0.15) is 5.75 Å². The first-order valence-corrected chi connectivity index (χ1v) is 7.23. The van der Waals surface area contributed by atoms with E-state index in [1.807, 2.05) is 4.90 Å². The van der Waals surface area contributed by atoms with Gasteiger partial charge < -0.3 is 15.2 Å². The van der Waals surface area contributed by atoms with Crippen molar-refractivity contribution in [3.63, 3.8) is 0 Å². The Morgan fingerprint density at radius 3 is 2.45 bits per heavy atom. The van der Waals surface area contributed by atoms with E-state index in [9.17, 15) is 18.7 Å². The summed E-state index contributed by atoms with van der Waals surface area (Å²) in [5, 5.41) is 12.2. The van der Waals surface area contributed by atoms with Crippen LogP contribution < -0.4 is 10.1 Å². The molecule has 1 aliphatic rings. The molecule has 0 saturated carbocycles. The number of hydrogen-bond donors (Lipinski definition) is 2. The number of benzene rings is 1. The number of aliphatic hydroxyl groups is 1. The van der Waals surface area contributed by atoms with Gasteiger partial charge in [0.05, 0.1) is 12.1 Å². The van der Waals surface area contributed by atoms with Crippen LogP contribution in [0.2, 0.25) is 0 Å². The summed E-state index contributed by atoms with van der Waals surface area (Å²) in [5.41, 5.74) is 0.524. The third-order valence-corrected chi connectivity index (χ3v) is 3.77. The molecule has 2 N–H and O–H groups in total. The molecule has 22 heavy (non-hydrogen) atoms. The number of halogens is 2. The molecule has 1 atom stereocenters. The van der Waals surface area contributed by atoms with E-state index in [0.717, 1.165) is 0 Å². The van der Waals surface area contributed by atoms with Crippen molar-refractivity contribution < 1.29 is 23.4 Å². The van der Waals surface area contributed by atoms with E-state index in [0.29, 0.717) is 31.6 Å². The van der Waals surface area contributed by atoms with Crippen LogP contribution in [-0.2, 0) is 4.79 Å². The van der Waals surface area contributed by atoms with Gasteiger partial charge in [-0.05, 0) is 44.0 Å². The number of piperidine rings is 1. The molecule has 1 aromatic rings. The van der Waals surface area contributed by atoms with Crippen molar-refractivity contribution in [1.29, 1.82) is 0 Å². The van der Waals surface area contributed by atoms with E-state index < -0.39 is 6.61 Å². The normalized spacial score (nSPS) is 18.2. The molecule has 1 amide bonds. The van der Waals surface area contributed by atoms with Gasteiger partial charge in [-0.2, -0.15) is 8.78 Å². The lowest BCUT2D eigenvalue weighted by Crippen LogP contribution is -2.47. The minimum absolute atomic E-state index is 0.0473. The summed E-state index contributed by atoms with van der Waals surface area (Å²) >= 11 is 0. The highest BCUT2D eigenvalue weighted by Crippen LogP contribution is 2.19. The molecular weight excluding hydrogens is 294 g/mol. The monoisotopic (exact) mass is 314 g/mol. The van der Waals surface area contributed by atoms with Crippen LogP contribution in [0, 0.1) is 0 Å². The number of ether oxygens (including phenoxy) is 1. The number of nitrogens with zero attached hydrogens (tertiary/aromatic N) is 1. The van der Waals surface area contributed by atoms with E-state index in [1.54, 1.807) is 6.92 Å². The van der Waals surface area contributed by atoms with Crippen molar-refractivity contribution in [2.45, 2.75) is 38.5 Å². The summed E-state index contributed by atoms with van der Waals surface area (Å²) in [7, 11) is 0. The van der Waals surface area contributed by atoms with Crippen molar-refractivity contribution in [2.75, 3.05) is 18.4 Å². The zero-order valence-corrected chi connectivity index (χ0v) is 12.3. The number of carbonyl (C=O) groups excluding carboxylic acids is 1. The van der Waals surface area contributed by atoms with Gasteiger partial charge in [-0.15, -0.1) is 0 Å². The van der Waals surface area contributed by atoms with E-state index in [1.165, 1.54) is 24.3 Å². The highest BCUT2D eigenvalue weighted by molar-refractivity contribution is 5.94. The molecule has 1 saturated heterocycles. The zero-order valence-electron chi connectivity index (χ0n) is 12.3. The minimum atomic E-state index is -2.87. The number of alkyl halides is 2. The second-order valence-corrected chi connectivity index (χ2v) is 5.34. The first-order valence-electron chi connectivity index (χ1n) is 7.23. The fourth-order valence-corrected chi connectivity index (χ4v) is 2.41. The molecular formula is C15H20F2N2O3. The predicted molar refractivity (Wildman–Crippen MR) is 78.0 cm³/mol. The summed E-state index contributed by atoms with van der Waals surface area (Å²) < 4.78 is 28.4. The predicted octanol–water partition coefficient (Wildman–Crippen LogP) is 2.07. The van der Waals surface area contributed by atoms with E-state index in [-0.39, 0.29) is 23.8 Å².